The first-order valence-corrected chi connectivity index (χ1v) is 5.26. The van der Waals surface area contributed by atoms with Gasteiger partial charge in [-0.2, -0.15) is 13.2 Å². The molecule has 0 saturated carbocycles. The number of alkyl halides is 3. The highest BCUT2D eigenvalue weighted by atomic mass is 19.4. The number of aliphatic carboxylic acids is 1. The lowest BCUT2D eigenvalue weighted by atomic mass is 9.94. The molecule has 1 unspecified atom stereocenters. The average Bonchev–Trinajstić information content (AvgIpc) is 2.27. The third kappa shape index (κ3) is 3.21. The third-order valence-electron chi connectivity index (χ3n) is 2.63. The number of rotatable bonds is 4. The van der Waals surface area contributed by atoms with Crippen LogP contribution in [0.25, 0.3) is 0 Å². The number of carbonyl (C=O) groups is 1. The van der Waals surface area contributed by atoms with Gasteiger partial charge < -0.3 is 5.11 Å². The largest absolute Gasteiger partial charge is 0.481 e. The maximum atomic E-state index is 12.7. The normalized spacial score (nSPS) is 13.1. The molecular formula is C11H10F3NO4. The molecule has 0 aliphatic heterocycles. The van der Waals surface area contributed by atoms with Gasteiger partial charge in [-0.1, -0.05) is 13.0 Å². The molecule has 0 heterocycles. The maximum absolute atomic E-state index is 12.7. The Kier molecular flexibility index (Phi) is 4.13. The number of hydrogen-bond donors (Lipinski definition) is 1. The molecule has 0 spiro atoms. The van der Waals surface area contributed by atoms with E-state index in [2.05, 4.69) is 0 Å². The van der Waals surface area contributed by atoms with Crippen LogP contribution in [0.2, 0.25) is 0 Å². The van der Waals surface area contributed by atoms with Gasteiger partial charge in [0.05, 0.1) is 10.8 Å². The Balaban J connectivity index is 3.41. The topological polar surface area (TPSA) is 80.4 Å². The van der Waals surface area contributed by atoms with E-state index in [-0.39, 0.29) is 12.0 Å². The molecular weight excluding hydrogens is 267 g/mol. The summed E-state index contributed by atoms with van der Waals surface area (Å²) in [4.78, 5) is 20.3. The first kappa shape index (κ1) is 14.9. The number of hydrogen-bond acceptors (Lipinski definition) is 3. The smallest absolute Gasteiger partial charge is 0.423 e. The predicted molar refractivity (Wildman–Crippen MR) is 58.8 cm³/mol. The maximum Gasteiger partial charge on any atom is 0.423 e. The fourth-order valence-electron chi connectivity index (χ4n) is 1.71. The first-order chi connectivity index (χ1) is 8.68. The minimum Gasteiger partial charge on any atom is -0.481 e. The third-order valence-corrected chi connectivity index (χ3v) is 2.63. The summed E-state index contributed by atoms with van der Waals surface area (Å²) < 4.78 is 38.1. The highest BCUT2D eigenvalue weighted by Gasteiger charge is 2.39. The number of nitrogens with zero attached hydrogens (tertiary/aromatic N) is 1. The lowest BCUT2D eigenvalue weighted by molar-refractivity contribution is -0.388. The standard InChI is InChI=1S/C11H10F3NO4/c1-2-7(10(16)17)6-3-4-9(15(18)19)8(5-6)11(12,13)14/h3-5,7H,2H2,1H3,(H,16,17). The van der Waals surface area contributed by atoms with Gasteiger partial charge in [0.15, 0.2) is 0 Å². The van der Waals surface area contributed by atoms with Crippen molar-refractivity contribution in [3.05, 3.63) is 39.4 Å². The van der Waals surface area contributed by atoms with E-state index in [1.165, 1.54) is 6.92 Å². The van der Waals surface area contributed by atoms with Crippen LogP contribution in [-0.2, 0) is 11.0 Å². The van der Waals surface area contributed by atoms with Crippen LogP contribution in [0.5, 0.6) is 0 Å². The number of carboxylic acid groups (broad SMARTS) is 1. The van der Waals surface area contributed by atoms with Crippen LogP contribution in [0.15, 0.2) is 18.2 Å². The van der Waals surface area contributed by atoms with Gasteiger partial charge in [-0.05, 0) is 18.1 Å². The van der Waals surface area contributed by atoms with Crippen molar-refractivity contribution in [1.82, 2.24) is 0 Å². The molecule has 19 heavy (non-hydrogen) atoms. The van der Waals surface area contributed by atoms with Gasteiger partial charge in [-0.3, -0.25) is 14.9 Å². The monoisotopic (exact) mass is 277 g/mol. The molecule has 1 N–H and O–H groups in total. The summed E-state index contributed by atoms with van der Waals surface area (Å²) in [5.74, 6) is -2.40. The Labute approximate surface area is 105 Å². The lowest BCUT2D eigenvalue weighted by Crippen LogP contribution is -2.14. The molecule has 0 aliphatic carbocycles. The van der Waals surface area contributed by atoms with E-state index in [0.29, 0.717) is 12.1 Å². The molecule has 1 aromatic rings. The number of carboxylic acids is 1. The summed E-state index contributed by atoms with van der Waals surface area (Å²) in [6.45, 7) is 1.51. The van der Waals surface area contributed by atoms with Crippen molar-refractivity contribution < 1.29 is 28.0 Å². The second-order valence-electron chi connectivity index (χ2n) is 3.83. The molecule has 1 atom stereocenters. The van der Waals surface area contributed by atoms with Gasteiger partial charge in [0, 0.05) is 6.07 Å². The van der Waals surface area contributed by atoms with Crippen LogP contribution in [-0.4, -0.2) is 16.0 Å². The molecule has 5 nitrogen and oxygen atoms in total. The van der Waals surface area contributed by atoms with E-state index in [1.807, 2.05) is 0 Å². The average molecular weight is 277 g/mol. The summed E-state index contributed by atoms with van der Waals surface area (Å²) in [6.07, 6.45) is -4.82. The fourth-order valence-corrected chi connectivity index (χ4v) is 1.71. The zero-order chi connectivity index (χ0) is 14.8. The van der Waals surface area contributed by atoms with Gasteiger partial charge in [0.1, 0.15) is 5.56 Å². The summed E-state index contributed by atoms with van der Waals surface area (Å²) >= 11 is 0. The van der Waals surface area contributed by atoms with Gasteiger partial charge in [-0.25, -0.2) is 0 Å². The van der Waals surface area contributed by atoms with Crippen LogP contribution >= 0.6 is 0 Å². The van der Waals surface area contributed by atoms with Crippen LogP contribution in [0.4, 0.5) is 18.9 Å². The van der Waals surface area contributed by atoms with Gasteiger partial charge in [-0.15, -0.1) is 0 Å². The lowest BCUT2D eigenvalue weighted by Gasteiger charge is -2.13. The van der Waals surface area contributed by atoms with Crippen molar-refractivity contribution >= 4 is 11.7 Å². The number of nitro groups is 1. The SMILES string of the molecule is CCC(C(=O)O)c1ccc([N+](=O)[O-])c(C(F)(F)F)c1. The Morgan fingerprint density at radius 3 is 2.42 bits per heavy atom. The zero-order valence-corrected chi connectivity index (χ0v) is 9.77. The highest BCUT2D eigenvalue weighted by Crippen LogP contribution is 2.38. The van der Waals surface area contributed by atoms with Crippen LogP contribution in [0, 0.1) is 10.1 Å². The first-order valence-electron chi connectivity index (χ1n) is 5.26. The second kappa shape index (κ2) is 5.25. The highest BCUT2D eigenvalue weighted by molar-refractivity contribution is 5.76. The molecule has 104 valence electrons. The molecule has 0 saturated heterocycles. The Bertz CT molecular complexity index is 513. The van der Waals surface area contributed by atoms with E-state index in [9.17, 15) is 28.1 Å². The van der Waals surface area contributed by atoms with Crippen LogP contribution in [0.1, 0.15) is 30.4 Å². The second-order valence-corrected chi connectivity index (χ2v) is 3.83. The minimum absolute atomic E-state index is 0.0877. The van der Waals surface area contributed by atoms with E-state index < -0.39 is 34.2 Å². The number of halogens is 3. The molecule has 0 bridgehead atoms. The van der Waals surface area contributed by atoms with Crippen molar-refractivity contribution in [3.8, 4) is 0 Å². The molecule has 0 aliphatic rings. The number of benzene rings is 1. The Morgan fingerprint density at radius 1 is 1.47 bits per heavy atom. The molecule has 0 radical (unpaired) electrons. The molecule has 0 fully saturated rings. The van der Waals surface area contributed by atoms with Gasteiger partial charge in [0.25, 0.3) is 5.69 Å². The van der Waals surface area contributed by atoms with Crippen LogP contribution in [0.3, 0.4) is 0 Å². The molecule has 0 amide bonds. The van der Waals surface area contributed by atoms with E-state index in [1.54, 1.807) is 0 Å². The van der Waals surface area contributed by atoms with Crippen molar-refractivity contribution in [2.24, 2.45) is 0 Å². The van der Waals surface area contributed by atoms with Gasteiger partial charge >= 0.3 is 12.1 Å². The van der Waals surface area contributed by atoms with E-state index in [4.69, 9.17) is 5.11 Å². The predicted octanol–water partition coefficient (Wildman–Crippen LogP) is 3.19. The molecule has 0 aromatic heterocycles. The summed E-state index contributed by atoms with van der Waals surface area (Å²) in [5.41, 5.74) is -2.63. The summed E-state index contributed by atoms with van der Waals surface area (Å²) in [6, 6.07) is 2.25. The fraction of sp³-hybridized carbons (Fsp3) is 0.364. The van der Waals surface area contributed by atoms with Crippen molar-refractivity contribution in [2.45, 2.75) is 25.4 Å². The van der Waals surface area contributed by atoms with Crippen LogP contribution < -0.4 is 0 Å². The van der Waals surface area contributed by atoms with E-state index in [0.717, 1.165) is 6.07 Å². The van der Waals surface area contributed by atoms with Crippen molar-refractivity contribution in [2.75, 3.05) is 0 Å². The zero-order valence-electron chi connectivity index (χ0n) is 9.77. The minimum atomic E-state index is -4.91. The number of nitro benzene ring substituents is 1. The quantitative estimate of drug-likeness (QED) is 0.677. The molecule has 8 heteroatoms. The van der Waals surface area contributed by atoms with Crippen molar-refractivity contribution in [1.29, 1.82) is 0 Å². The van der Waals surface area contributed by atoms with Gasteiger partial charge in [0.2, 0.25) is 0 Å². The van der Waals surface area contributed by atoms with E-state index >= 15 is 0 Å². The summed E-state index contributed by atoms with van der Waals surface area (Å²) in [5, 5.41) is 19.4. The molecule has 1 aromatic carbocycles. The van der Waals surface area contributed by atoms with Crippen molar-refractivity contribution in [3.63, 3.8) is 0 Å². The molecule has 1 rings (SSSR count). The Hall–Kier alpha value is -2.12. The summed E-state index contributed by atoms with van der Waals surface area (Å²) in [7, 11) is 0. The Morgan fingerprint density at radius 2 is 2.05 bits per heavy atom.